The first kappa shape index (κ1) is 12.4. The molecule has 1 aliphatic heterocycles. The summed E-state index contributed by atoms with van der Waals surface area (Å²) < 4.78 is 5.48. The Morgan fingerprint density at radius 2 is 1.94 bits per heavy atom. The molecule has 1 heterocycles. The fraction of sp³-hybridized carbons (Fsp3) is 0.929. The Bertz CT molecular complexity index is 374. The molecular formula is C14H25N2O2+. The van der Waals surface area contributed by atoms with Crippen LogP contribution in [0, 0.1) is 17.3 Å². The predicted molar refractivity (Wildman–Crippen MR) is 69.1 cm³/mol. The van der Waals surface area contributed by atoms with Crippen molar-refractivity contribution in [3.8, 4) is 0 Å². The number of hydrogen-bond acceptors (Lipinski definition) is 3. The number of oxime groups is 1. The minimum absolute atomic E-state index is 0.0107. The number of fused-ring (bicyclic) bond motifs is 2. The molecule has 0 aromatic carbocycles. The Balaban J connectivity index is 1.94. The quantitative estimate of drug-likeness (QED) is 0.530. The molecule has 0 amide bonds. The summed E-state index contributed by atoms with van der Waals surface area (Å²) in [7, 11) is 0. The van der Waals surface area contributed by atoms with E-state index in [1.54, 1.807) is 4.90 Å². The lowest BCUT2D eigenvalue weighted by Crippen LogP contribution is -3.24. The standard InChI is InChI=1S/C14H24N2O2/c1-13(2)10-8-11(13)14(3,12(9-10)15-17)16-4-6-18-7-5-16/h10-11,17H,4-9H2,1-3H3/p+1/b15-12-/t10-,11-,14-/m0/s1. The van der Waals surface area contributed by atoms with Crippen molar-refractivity contribution in [2.45, 2.75) is 39.2 Å². The highest BCUT2D eigenvalue weighted by atomic mass is 16.5. The first-order valence-electron chi connectivity index (χ1n) is 7.15. The van der Waals surface area contributed by atoms with Crippen LogP contribution in [0.25, 0.3) is 0 Å². The molecule has 3 atom stereocenters. The molecule has 1 saturated heterocycles. The van der Waals surface area contributed by atoms with Crippen molar-refractivity contribution in [3.05, 3.63) is 0 Å². The van der Waals surface area contributed by atoms with E-state index in [0.29, 0.717) is 17.3 Å². The van der Waals surface area contributed by atoms with E-state index in [1.165, 1.54) is 6.42 Å². The summed E-state index contributed by atoms with van der Waals surface area (Å²) in [6.45, 7) is 10.8. The zero-order chi connectivity index (χ0) is 13.0. The molecule has 3 aliphatic carbocycles. The van der Waals surface area contributed by atoms with E-state index in [2.05, 4.69) is 25.9 Å². The van der Waals surface area contributed by atoms with E-state index in [9.17, 15) is 5.21 Å². The van der Waals surface area contributed by atoms with Gasteiger partial charge in [0, 0.05) is 5.92 Å². The summed E-state index contributed by atoms with van der Waals surface area (Å²) in [4.78, 5) is 1.55. The molecule has 2 N–H and O–H groups in total. The number of ether oxygens (including phenoxy) is 1. The van der Waals surface area contributed by atoms with Crippen LogP contribution in [-0.4, -0.2) is 42.8 Å². The molecule has 0 aromatic rings. The maximum absolute atomic E-state index is 9.41. The van der Waals surface area contributed by atoms with Gasteiger partial charge in [-0.3, -0.25) is 0 Å². The third-order valence-corrected chi connectivity index (χ3v) is 6.16. The molecule has 0 aromatic heterocycles. The number of hydrogen-bond donors (Lipinski definition) is 2. The van der Waals surface area contributed by atoms with Crippen LogP contribution in [-0.2, 0) is 4.74 Å². The second kappa shape index (κ2) is 3.94. The van der Waals surface area contributed by atoms with Crippen LogP contribution in [0.4, 0.5) is 0 Å². The van der Waals surface area contributed by atoms with Gasteiger partial charge in [-0.15, -0.1) is 0 Å². The maximum atomic E-state index is 9.41. The second-order valence-electron chi connectivity index (χ2n) is 6.98. The zero-order valence-electron chi connectivity index (χ0n) is 11.7. The second-order valence-corrected chi connectivity index (χ2v) is 6.98. The average molecular weight is 253 g/mol. The number of morpholine rings is 1. The van der Waals surface area contributed by atoms with E-state index in [1.807, 2.05) is 0 Å². The van der Waals surface area contributed by atoms with Gasteiger partial charge in [-0.05, 0) is 31.1 Å². The summed E-state index contributed by atoms with van der Waals surface area (Å²) in [5.41, 5.74) is 1.44. The lowest BCUT2D eigenvalue weighted by Gasteiger charge is -2.64. The van der Waals surface area contributed by atoms with Crippen LogP contribution >= 0.6 is 0 Å². The van der Waals surface area contributed by atoms with Gasteiger partial charge in [0.05, 0.1) is 13.2 Å². The smallest absolute Gasteiger partial charge is 0.140 e. The molecule has 18 heavy (non-hydrogen) atoms. The number of rotatable bonds is 1. The molecule has 4 rings (SSSR count). The fourth-order valence-electron chi connectivity index (χ4n) is 4.72. The number of nitrogens with one attached hydrogen (secondary N) is 1. The lowest BCUT2D eigenvalue weighted by molar-refractivity contribution is -0.953. The van der Waals surface area contributed by atoms with Crippen molar-refractivity contribution >= 4 is 5.71 Å². The molecule has 4 heteroatoms. The van der Waals surface area contributed by atoms with Crippen molar-refractivity contribution < 1.29 is 14.8 Å². The van der Waals surface area contributed by atoms with Crippen molar-refractivity contribution in [3.63, 3.8) is 0 Å². The Morgan fingerprint density at radius 1 is 1.28 bits per heavy atom. The van der Waals surface area contributed by atoms with Crippen LogP contribution in [0.15, 0.2) is 5.16 Å². The topological polar surface area (TPSA) is 46.3 Å². The highest BCUT2D eigenvalue weighted by Gasteiger charge is 2.66. The molecule has 102 valence electrons. The summed E-state index contributed by atoms with van der Waals surface area (Å²) >= 11 is 0. The van der Waals surface area contributed by atoms with E-state index >= 15 is 0 Å². The Hall–Kier alpha value is -0.610. The predicted octanol–water partition coefficient (Wildman–Crippen LogP) is 0.556. The Labute approximate surface area is 109 Å². The van der Waals surface area contributed by atoms with Crippen molar-refractivity contribution in [1.29, 1.82) is 0 Å². The molecule has 4 fully saturated rings. The minimum Gasteiger partial charge on any atom is -0.411 e. The van der Waals surface area contributed by atoms with Crippen molar-refractivity contribution in [2.75, 3.05) is 26.3 Å². The highest BCUT2D eigenvalue weighted by Crippen LogP contribution is 2.60. The lowest BCUT2D eigenvalue weighted by atomic mass is 9.42. The summed E-state index contributed by atoms with van der Waals surface area (Å²) in [5.74, 6) is 1.35. The average Bonchev–Trinajstić information content (AvgIpc) is 2.39. The number of nitrogens with zero attached hydrogens (tertiary/aromatic N) is 1. The summed E-state index contributed by atoms with van der Waals surface area (Å²) in [6.07, 6.45) is 2.27. The fourth-order valence-corrected chi connectivity index (χ4v) is 4.72. The zero-order valence-corrected chi connectivity index (χ0v) is 11.7. The van der Waals surface area contributed by atoms with Crippen LogP contribution in [0.5, 0.6) is 0 Å². The van der Waals surface area contributed by atoms with Gasteiger partial charge in [-0.1, -0.05) is 19.0 Å². The molecule has 3 saturated carbocycles. The molecule has 0 radical (unpaired) electrons. The third-order valence-electron chi connectivity index (χ3n) is 6.16. The Kier molecular flexibility index (Phi) is 2.72. The van der Waals surface area contributed by atoms with Gasteiger partial charge >= 0.3 is 0 Å². The molecule has 0 unspecified atom stereocenters. The van der Waals surface area contributed by atoms with Gasteiger partial charge in [0.2, 0.25) is 0 Å². The normalized spacial score (nSPS) is 45.8. The molecule has 4 aliphatic rings. The summed E-state index contributed by atoms with van der Waals surface area (Å²) in [6, 6.07) is 0. The van der Waals surface area contributed by atoms with Gasteiger partial charge in [0.25, 0.3) is 0 Å². The van der Waals surface area contributed by atoms with E-state index in [-0.39, 0.29) is 5.54 Å². The first-order valence-corrected chi connectivity index (χ1v) is 7.15. The van der Waals surface area contributed by atoms with Crippen molar-refractivity contribution in [1.82, 2.24) is 0 Å². The van der Waals surface area contributed by atoms with Gasteiger partial charge in [0.1, 0.15) is 24.3 Å². The summed E-state index contributed by atoms with van der Waals surface area (Å²) in [5, 5.41) is 13.1. The van der Waals surface area contributed by atoms with Gasteiger partial charge in [-0.2, -0.15) is 0 Å². The number of quaternary nitrogens is 1. The van der Waals surface area contributed by atoms with E-state index < -0.39 is 0 Å². The van der Waals surface area contributed by atoms with E-state index in [4.69, 9.17) is 4.74 Å². The van der Waals surface area contributed by atoms with Gasteiger partial charge in [0.15, 0.2) is 0 Å². The molecule has 4 nitrogen and oxygen atoms in total. The third kappa shape index (κ3) is 1.42. The highest BCUT2D eigenvalue weighted by molar-refractivity contribution is 5.94. The Morgan fingerprint density at radius 3 is 2.50 bits per heavy atom. The van der Waals surface area contributed by atoms with E-state index in [0.717, 1.165) is 38.4 Å². The molecule has 0 spiro atoms. The first-order chi connectivity index (χ1) is 8.51. The largest absolute Gasteiger partial charge is 0.411 e. The van der Waals surface area contributed by atoms with Crippen LogP contribution in [0.2, 0.25) is 0 Å². The van der Waals surface area contributed by atoms with Gasteiger partial charge in [-0.25, -0.2) is 0 Å². The molecule has 2 bridgehead atoms. The SMILES string of the molecule is CC1(C)[C@@H]2C/C(=N/O)[C@@](C)([NH+]3CCOCC3)[C@H]1C2. The van der Waals surface area contributed by atoms with Crippen LogP contribution < -0.4 is 4.90 Å². The maximum Gasteiger partial charge on any atom is 0.140 e. The van der Waals surface area contributed by atoms with Crippen molar-refractivity contribution in [2.24, 2.45) is 22.4 Å². The van der Waals surface area contributed by atoms with Crippen LogP contribution in [0.1, 0.15) is 33.6 Å². The molecular weight excluding hydrogens is 228 g/mol. The van der Waals surface area contributed by atoms with Gasteiger partial charge < -0.3 is 14.8 Å². The van der Waals surface area contributed by atoms with Crippen LogP contribution in [0.3, 0.4) is 0 Å². The minimum atomic E-state index is 0.0107. The monoisotopic (exact) mass is 253 g/mol.